The van der Waals surface area contributed by atoms with Gasteiger partial charge in [-0.25, -0.2) is 15.0 Å². The van der Waals surface area contributed by atoms with E-state index in [-0.39, 0.29) is 5.91 Å². The predicted molar refractivity (Wildman–Crippen MR) is 131 cm³/mol. The van der Waals surface area contributed by atoms with Gasteiger partial charge in [-0.1, -0.05) is 6.07 Å². The van der Waals surface area contributed by atoms with E-state index in [0.717, 1.165) is 33.7 Å². The van der Waals surface area contributed by atoms with Crippen molar-refractivity contribution in [1.29, 1.82) is 0 Å². The number of hydrogen-bond donors (Lipinski definition) is 4. The fraction of sp³-hybridized carbons (Fsp3) is 0.0400. The largest absolute Gasteiger partial charge is 0.388 e. The van der Waals surface area contributed by atoms with Crippen molar-refractivity contribution in [3.63, 3.8) is 0 Å². The first-order valence-corrected chi connectivity index (χ1v) is 10.4. The number of H-pyrrole nitrogens is 1. The molecule has 0 radical (unpaired) electrons. The van der Waals surface area contributed by atoms with E-state index in [1.165, 1.54) is 0 Å². The number of anilines is 4. The second-order valence-corrected chi connectivity index (χ2v) is 7.39. The number of aromatic nitrogens is 4. The van der Waals surface area contributed by atoms with E-state index >= 15 is 0 Å². The minimum atomic E-state index is -0.180. The zero-order valence-corrected chi connectivity index (χ0v) is 17.8. The van der Waals surface area contributed by atoms with E-state index in [2.05, 4.69) is 35.9 Å². The van der Waals surface area contributed by atoms with Crippen LogP contribution in [0.1, 0.15) is 10.4 Å². The van der Waals surface area contributed by atoms with Crippen LogP contribution in [0.2, 0.25) is 0 Å². The van der Waals surface area contributed by atoms with Gasteiger partial charge in [-0.3, -0.25) is 4.79 Å². The number of aromatic amines is 1. The van der Waals surface area contributed by atoms with Crippen molar-refractivity contribution in [2.24, 2.45) is 0 Å². The summed E-state index contributed by atoms with van der Waals surface area (Å²) >= 11 is 0. The highest BCUT2D eigenvalue weighted by molar-refractivity contribution is 6.04. The molecule has 8 nitrogen and oxygen atoms in total. The Morgan fingerprint density at radius 1 is 0.909 bits per heavy atom. The molecule has 33 heavy (non-hydrogen) atoms. The monoisotopic (exact) mass is 435 g/mol. The van der Waals surface area contributed by atoms with E-state index in [9.17, 15) is 4.79 Å². The van der Waals surface area contributed by atoms with Crippen LogP contribution in [0.4, 0.5) is 23.0 Å². The van der Waals surface area contributed by atoms with Crippen LogP contribution in [0.15, 0.2) is 85.3 Å². The minimum Gasteiger partial charge on any atom is -0.388 e. The van der Waals surface area contributed by atoms with Crippen molar-refractivity contribution >= 4 is 40.0 Å². The normalized spacial score (nSPS) is 10.7. The molecule has 8 heteroatoms. The number of rotatable bonds is 6. The summed E-state index contributed by atoms with van der Waals surface area (Å²) in [7, 11) is 1.84. The van der Waals surface area contributed by atoms with Gasteiger partial charge in [0.25, 0.3) is 5.91 Å². The number of amides is 1. The average molecular weight is 435 g/mol. The molecule has 5 rings (SSSR count). The number of benzene rings is 2. The molecule has 2 aromatic carbocycles. The van der Waals surface area contributed by atoms with E-state index in [4.69, 9.17) is 0 Å². The Bertz CT molecular complexity index is 1430. The van der Waals surface area contributed by atoms with Gasteiger partial charge in [-0.15, -0.1) is 0 Å². The molecule has 0 aliphatic heterocycles. The van der Waals surface area contributed by atoms with Gasteiger partial charge in [0.1, 0.15) is 5.65 Å². The lowest BCUT2D eigenvalue weighted by molar-refractivity contribution is 0.102. The van der Waals surface area contributed by atoms with Crippen LogP contribution in [-0.2, 0) is 0 Å². The van der Waals surface area contributed by atoms with Crippen LogP contribution >= 0.6 is 0 Å². The van der Waals surface area contributed by atoms with Gasteiger partial charge in [0.15, 0.2) is 0 Å². The molecule has 4 N–H and O–H groups in total. The van der Waals surface area contributed by atoms with Gasteiger partial charge in [-0.05, 0) is 60.7 Å². The van der Waals surface area contributed by atoms with Gasteiger partial charge in [0, 0.05) is 59.2 Å². The SMILES string of the molecule is CNc1ccc(C(=O)Nc2cccc(Nc3nccc(-c4cnc5[nH]ccc5c4)n3)c2)cc1. The van der Waals surface area contributed by atoms with E-state index in [0.29, 0.717) is 17.2 Å². The zero-order valence-electron chi connectivity index (χ0n) is 17.8. The third-order valence-corrected chi connectivity index (χ3v) is 5.16. The molecule has 0 unspecified atom stereocenters. The first kappa shape index (κ1) is 20.2. The molecule has 0 atom stereocenters. The number of hydrogen-bond acceptors (Lipinski definition) is 6. The molecule has 0 saturated heterocycles. The number of carbonyl (C=O) groups excluding carboxylic acids is 1. The summed E-state index contributed by atoms with van der Waals surface area (Å²) in [6.45, 7) is 0. The molecule has 0 aliphatic carbocycles. The summed E-state index contributed by atoms with van der Waals surface area (Å²) in [5.74, 6) is 0.272. The molecule has 1 amide bonds. The fourth-order valence-electron chi connectivity index (χ4n) is 3.45. The predicted octanol–water partition coefficient (Wildman–Crippen LogP) is 5.06. The van der Waals surface area contributed by atoms with Crippen molar-refractivity contribution < 1.29 is 4.79 Å². The molecule has 0 aliphatic rings. The lowest BCUT2D eigenvalue weighted by Gasteiger charge is -2.10. The molecule has 0 saturated carbocycles. The first-order chi connectivity index (χ1) is 16.2. The molecule has 0 bridgehead atoms. The Balaban J connectivity index is 1.32. The second kappa shape index (κ2) is 8.80. The van der Waals surface area contributed by atoms with Crippen molar-refractivity contribution in [2.75, 3.05) is 23.0 Å². The summed E-state index contributed by atoms with van der Waals surface area (Å²) in [4.78, 5) is 29.0. The first-order valence-electron chi connectivity index (χ1n) is 10.4. The van der Waals surface area contributed by atoms with Gasteiger partial charge < -0.3 is 20.9 Å². The Morgan fingerprint density at radius 2 is 1.76 bits per heavy atom. The summed E-state index contributed by atoms with van der Waals surface area (Å²) in [5, 5.41) is 10.2. The summed E-state index contributed by atoms with van der Waals surface area (Å²) < 4.78 is 0. The quantitative estimate of drug-likeness (QED) is 0.297. The fourth-order valence-corrected chi connectivity index (χ4v) is 3.45. The van der Waals surface area contributed by atoms with E-state index in [1.807, 2.05) is 67.8 Å². The highest BCUT2D eigenvalue weighted by Crippen LogP contribution is 2.23. The third kappa shape index (κ3) is 4.49. The average Bonchev–Trinajstić information content (AvgIpc) is 3.32. The van der Waals surface area contributed by atoms with Crippen LogP contribution < -0.4 is 16.0 Å². The maximum atomic E-state index is 12.6. The number of pyridine rings is 1. The summed E-state index contributed by atoms with van der Waals surface area (Å²) in [6, 6.07) is 20.5. The van der Waals surface area contributed by atoms with Gasteiger partial charge in [0.2, 0.25) is 5.95 Å². The number of nitrogens with zero attached hydrogens (tertiary/aromatic N) is 3. The Hall–Kier alpha value is -4.72. The molecular formula is C25H21N7O. The smallest absolute Gasteiger partial charge is 0.255 e. The van der Waals surface area contributed by atoms with Gasteiger partial charge in [0.05, 0.1) is 5.69 Å². The van der Waals surface area contributed by atoms with Crippen LogP contribution in [0.3, 0.4) is 0 Å². The molecule has 162 valence electrons. The number of nitrogens with one attached hydrogen (secondary N) is 4. The third-order valence-electron chi connectivity index (χ3n) is 5.16. The number of carbonyl (C=O) groups is 1. The van der Waals surface area contributed by atoms with E-state index < -0.39 is 0 Å². The van der Waals surface area contributed by atoms with E-state index in [1.54, 1.807) is 24.5 Å². The highest BCUT2D eigenvalue weighted by atomic mass is 16.1. The molecule has 5 aromatic rings. The van der Waals surface area contributed by atoms with Gasteiger partial charge in [-0.2, -0.15) is 0 Å². The molecule has 3 aromatic heterocycles. The summed E-state index contributed by atoms with van der Waals surface area (Å²) in [6.07, 6.45) is 5.34. The van der Waals surface area contributed by atoms with Crippen molar-refractivity contribution in [1.82, 2.24) is 19.9 Å². The van der Waals surface area contributed by atoms with Crippen LogP contribution in [0.5, 0.6) is 0 Å². The lowest BCUT2D eigenvalue weighted by Crippen LogP contribution is -2.12. The van der Waals surface area contributed by atoms with Crippen LogP contribution in [-0.4, -0.2) is 32.9 Å². The van der Waals surface area contributed by atoms with Gasteiger partial charge >= 0.3 is 0 Å². The Morgan fingerprint density at radius 3 is 2.61 bits per heavy atom. The van der Waals surface area contributed by atoms with Crippen molar-refractivity contribution in [3.8, 4) is 11.3 Å². The highest BCUT2D eigenvalue weighted by Gasteiger charge is 2.08. The molecule has 0 spiro atoms. The lowest BCUT2D eigenvalue weighted by atomic mass is 10.2. The molecule has 3 heterocycles. The Kier molecular flexibility index (Phi) is 5.38. The van der Waals surface area contributed by atoms with Crippen LogP contribution in [0, 0.1) is 0 Å². The molecular weight excluding hydrogens is 414 g/mol. The topological polar surface area (TPSA) is 108 Å². The minimum absolute atomic E-state index is 0.180. The molecule has 0 fully saturated rings. The van der Waals surface area contributed by atoms with Crippen molar-refractivity contribution in [2.45, 2.75) is 0 Å². The number of fused-ring (bicyclic) bond motifs is 1. The maximum Gasteiger partial charge on any atom is 0.255 e. The second-order valence-electron chi connectivity index (χ2n) is 7.39. The summed E-state index contributed by atoms with van der Waals surface area (Å²) in [5.41, 5.74) is 5.45. The van der Waals surface area contributed by atoms with Crippen LogP contribution in [0.25, 0.3) is 22.3 Å². The standard InChI is InChI=1S/C25H21N7O/c1-26-19-7-5-16(6-8-19)24(33)30-20-3-2-4-21(14-20)31-25-28-12-10-22(32-25)18-13-17-9-11-27-23(17)29-15-18/h2-15,26H,1H3,(H,27,29)(H,30,33)(H,28,31,32). The Labute approximate surface area is 190 Å². The van der Waals surface area contributed by atoms with Crippen molar-refractivity contribution in [3.05, 3.63) is 90.9 Å². The zero-order chi connectivity index (χ0) is 22.6. The maximum absolute atomic E-state index is 12.6.